The molecule has 0 saturated carbocycles. The van der Waals surface area contributed by atoms with Crippen molar-refractivity contribution < 1.29 is 14.3 Å². The molecule has 1 atom stereocenters. The summed E-state index contributed by atoms with van der Waals surface area (Å²) >= 11 is 0. The summed E-state index contributed by atoms with van der Waals surface area (Å²) in [5.74, 6) is 0.453. The first-order valence-electron chi connectivity index (χ1n) is 8.70. The Bertz CT molecular complexity index is 917. The first kappa shape index (κ1) is 18.5. The fourth-order valence-electron chi connectivity index (χ4n) is 3.18. The van der Waals surface area contributed by atoms with Crippen molar-refractivity contribution in [1.29, 1.82) is 0 Å². The number of carbonyl (C=O) groups excluding carboxylic acids is 2. The minimum Gasteiger partial charge on any atom is -0.497 e. The Morgan fingerprint density at radius 2 is 1.78 bits per heavy atom. The normalized spacial score (nSPS) is 16.4. The molecular weight excluding hydrogens is 342 g/mol. The van der Waals surface area contributed by atoms with Crippen LogP contribution in [0.1, 0.15) is 29.7 Å². The second kappa shape index (κ2) is 7.53. The molecule has 3 N–H and O–H groups in total. The average Bonchev–Trinajstić information content (AvgIpc) is 2.63. The Balaban J connectivity index is 1.94. The van der Waals surface area contributed by atoms with Gasteiger partial charge in [0.05, 0.1) is 18.7 Å². The van der Waals surface area contributed by atoms with Gasteiger partial charge in [-0.15, -0.1) is 0 Å². The van der Waals surface area contributed by atoms with Crippen LogP contribution < -0.4 is 20.7 Å². The van der Waals surface area contributed by atoms with E-state index in [1.807, 2.05) is 44.2 Å². The van der Waals surface area contributed by atoms with Crippen molar-refractivity contribution in [3.05, 3.63) is 70.4 Å². The zero-order chi connectivity index (χ0) is 19.6. The molecule has 2 aromatic rings. The predicted octanol–water partition coefficient (Wildman–Crippen LogP) is 3.58. The third-order valence-electron chi connectivity index (χ3n) is 4.59. The molecule has 0 saturated heterocycles. The summed E-state index contributed by atoms with van der Waals surface area (Å²) in [7, 11) is 1.59. The van der Waals surface area contributed by atoms with Crippen LogP contribution in [-0.4, -0.2) is 19.0 Å². The highest BCUT2D eigenvalue weighted by Crippen LogP contribution is 2.29. The lowest BCUT2D eigenvalue weighted by Crippen LogP contribution is -2.46. The number of nitrogens with one attached hydrogen (secondary N) is 3. The molecule has 0 aromatic heterocycles. The summed E-state index contributed by atoms with van der Waals surface area (Å²) in [6.07, 6.45) is 0. The Morgan fingerprint density at radius 1 is 1.07 bits per heavy atom. The lowest BCUT2D eigenvalue weighted by molar-refractivity contribution is -0.113. The van der Waals surface area contributed by atoms with E-state index in [9.17, 15) is 9.59 Å². The van der Waals surface area contributed by atoms with E-state index < -0.39 is 6.04 Å². The highest BCUT2D eigenvalue weighted by Gasteiger charge is 2.31. The number of ether oxygens (including phenoxy) is 1. The molecule has 0 aliphatic carbocycles. The molecule has 3 amide bonds. The fraction of sp³-hybridized carbons (Fsp3) is 0.238. The summed E-state index contributed by atoms with van der Waals surface area (Å²) in [4.78, 5) is 25.0. The molecule has 1 aliphatic rings. The molecule has 140 valence electrons. The van der Waals surface area contributed by atoms with E-state index in [4.69, 9.17) is 4.74 Å². The van der Waals surface area contributed by atoms with E-state index in [2.05, 4.69) is 16.0 Å². The van der Waals surface area contributed by atoms with Gasteiger partial charge in [0, 0.05) is 11.4 Å². The smallest absolute Gasteiger partial charge is 0.319 e. The standard InChI is InChI=1S/C21H23N3O3/c1-12-5-10-17(13(2)11-12)23-20(25)18-14(3)22-21(26)24-19(18)15-6-8-16(27-4)9-7-15/h5-11,19H,1-4H3,(H,23,25)(H2,22,24,26). The molecule has 1 heterocycles. The molecule has 27 heavy (non-hydrogen) atoms. The molecule has 0 fully saturated rings. The van der Waals surface area contributed by atoms with Gasteiger partial charge in [-0.2, -0.15) is 0 Å². The summed E-state index contributed by atoms with van der Waals surface area (Å²) in [6, 6.07) is 12.3. The number of allylic oxidation sites excluding steroid dienone is 1. The van der Waals surface area contributed by atoms with Gasteiger partial charge in [0.2, 0.25) is 0 Å². The number of hydrogen-bond donors (Lipinski definition) is 3. The number of methoxy groups -OCH3 is 1. The van der Waals surface area contributed by atoms with Crippen molar-refractivity contribution >= 4 is 17.6 Å². The van der Waals surface area contributed by atoms with Gasteiger partial charge in [0.1, 0.15) is 5.75 Å². The van der Waals surface area contributed by atoms with Crippen LogP contribution in [0, 0.1) is 13.8 Å². The lowest BCUT2D eigenvalue weighted by atomic mass is 9.94. The number of hydrogen-bond acceptors (Lipinski definition) is 3. The van der Waals surface area contributed by atoms with Gasteiger partial charge in [-0.05, 0) is 50.1 Å². The van der Waals surface area contributed by atoms with Gasteiger partial charge in [-0.25, -0.2) is 4.79 Å². The average molecular weight is 365 g/mol. The number of benzene rings is 2. The van der Waals surface area contributed by atoms with Crippen molar-refractivity contribution in [2.75, 3.05) is 12.4 Å². The van der Waals surface area contributed by atoms with Crippen LogP contribution in [0.15, 0.2) is 53.7 Å². The molecular formula is C21H23N3O3. The molecule has 6 heteroatoms. The fourth-order valence-corrected chi connectivity index (χ4v) is 3.18. The summed E-state index contributed by atoms with van der Waals surface area (Å²) in [5.41, 5.74) is 4.66. The van der Waals surface area contributed by atoms with Crippen LogP contribution in [0.2, 0.25) is 0 Å². The summed E-state index contributed by atoms with van der Waals surface area (Å²) in [5, 5.41) is 8.48. The van der Waals surface area contributed by atoms with Crippen LogP contribution in [-0.2, 0) is 4.79 Å². The Morgan fingerprint density at radius 3 is 2.41 bits per heavy atom. The Kier molecular flexibility index (Phi) is 5.16. The maximum Gasteiger partial charge on any atom is 0.319 e. The topological polar surface area (TPSA) is 79.5 Å². The van der Waals surface area contributed by atoms with Crippen LogP contribution in [0.5, 0.6) is 5.75 Å². The van der Waals surface area contributed by atoms with Crippen molar-refractivity contribution in [2.45, 2.75) is 26.8 Å². The van der Waals surface area contributed by atoms with Gasteiger partial charge in [0.25, 0.3) is 5.91 Å². The predicted molar refractivity (Wildman–Crippen MR) is 105 cm³/mol. The minimum atomic E-state index is -0.546. The van der Waals surface area contributed by atoms with E-state index >= 15 is 0 Å². The van der Waals surface area contributed by atoms with E-state index in [0.717, 1.165) is 22.4 Å². The van der Waals surface area contributed by atoms with Crippen LogP contribution in [0.4, 0.5) is 10.5 Å². The first-order chi connectivity index (χ1) is 12.9. The van der Waals surface area contributed by atoms with Crippen LogP contribution in [0.25, 0.3) is 0 Å². The zero-order valence-electron chi connectivity index (χ0n) is 15.8. The summed E-state index contributed by atoms with van der Waals surface area (Å²) < 4.78 is 5.18. The van der Waals surface area contributed by atoms with Gasteiger partial charge >= 0.3 is 6.03 Å². The van der Waals surface area contributed by atoms with Gasteiger partial charge in [0.15, 0.2) is 0 Å². The van der Waals surface area contributed by atoms with Crippen molar-refractivity contribution in [2.24, 2.45) is 0 Å². The van der Waals surface area contributed by atoms with Crippen molar-refractivity contribution in [3.8, 4) is 5.75 Å². The molecule has 3 rings (SSSR count). The zero-order valence-corrected chi connectivity index (χ0v) is 15.8. The number of urea groups is 1. The monoisotopic (exact) mass is 365 g/mol. The van der Waals surface area contributed by atoms with E-state index in [-0.39, 0.29) is 11.9 Å². The number of carbonyl (C=O) groups is 2. The highest BCUT2D eigenvalue weighted by molar-refractivity contribution is 6.07. The third-order valence-corrected chi connectivity index (χ3v) is 4.59. The SMILES string of the molecule is COc1ccc(C2NC(=O)NC(C)=C2C(=O)Nc2ccc(C)cc2C)cc1. The quantitative estimate of drug-likeness (QED) is 0.775. The van der Waals surface area contributed by atoms with Crippen molar-refractivity contribution in [1.82, 2.24) is 10.6 Å². The van der Waals surface area contributed by atoms with Gasteiger partial charge in [-0.1, -0.05) is 29.8 Å². The third kappa shape index (κ3) is 3.95. The van der Waals surface area contributed by atoms with E-state index in [0.29, 0.717) is 17.0 Å². The molecule has 1 aliphatic heterocycles. The van der Waals surface area contributed by atoms with E-state index in [1.165, 1.54) is 0 Å². The number of rotatable bonds is 4. The second-order valence-electron chi connectivity index (χ2n) is 6.62. The maximum absolute atomic E-state index is 13.0. The van der Waals surface area contributed by atoms with Crippen molar-refractivity contribution in [3.63, 3.8) is 0 Å². The minimum absolute atomic E-state index is 0.257. The molecule has 1 unspecified atom stereocenters. The molecule has 0 bridgehead atoms. The Hall–Kier alpha value is -3.28. The largest absolute Gasteiger partial charge is 0.497 e. The van der Waals surface area contributed by atoms with Crippen LogP contribution >= 0.6 is 0 Å². The maximum atomic E-state index is 13.0. The van der Waals surface area contributed by atoms with E-state index in [1.54, 1.807) is 26.2 Å². The lowest BCUT2D eigenvalue weighted by Gasteiger charge is -2.29. The van der Waals surface area contributed by atoms with Gasteiger partial charge in [-0.3, -0.25) is 4.79 Å². The number of anilines is 1. The molecule has 2 aromatic carbocycles. The van der Waals surface area contributed by atoms with Crippen LogP contribution in [0.3, 0.4) is 0 Å². The number of aryl methyl sites for hydroxylation is 2. The molecule has 0 radical (unpaired) electrons. The molecule has 0 spiro atoms. The first-order valence-corrected chi connectivity index (χ1v) is 8.70. The summed E-state index contributed by atoms with van der Waals surface area (Å²) in [6.45, 7) is 5.68. The number of amides is 3. The highest BCUT2D eigenvalue weighted by atomic mass is 16.5. The molecule has 6 nitrogen and oxygen atoms in total. The second-order valence-corrected chi connectivity index (χ2v) is 6.62. The Labute approximate surface area is 158 Å². The van der Waals surface area contributed by atoms with Gasteiger partial charge < -0.3 is 20.7 Å².